The molecule has 1 rings (SSSR count). The molecular weight excluding hydrogens is 304 g/mol. The Morgan fingerprint density at radius 2 is 0.812 bits per heavy atom. The Morgan fingerprint density at radius 3 is 0.875 bits per heavy atom. The summed E-state index contributed by atoms with van der Waals surface area (Å²) in [7, 11) is 0. The van der Waals surface area contributed by atoms with E-state index in [4.69, 9.17) is 0 Å². The Balaban J connectivity index is -0.0000000664. The lowest BCUT2D eigenvalue weighted by molar-refractivity contribution is -0.110. The van der Waals surface area contributed by atoms with Gasteiger partial charge in [0.05, 0.1) is 0 Å². The molecule has 5 heteroatoms. The molecule has 0 nitrogen and oxygen atoms in total. The van der Waals surface area contributed by atoms with Crippen LogP contribution in [0.25, 0.3) is 0 Å². The molecule has 0 heterocycles. The normalized spacial score (nSPS) is 7.50. The van der Waals surface area contributed by atoms with E-state index >= 15 is 0 Å². The Labute approximate surface area is 112 Å². The van der Waals surface area contributed by atoms with E-state index in [1.807, 2.05) is 50.2 Å². The van der Waals surface area contributed by atoms with Gasteiger partial charge in [0.25, 0.3) is 0 Å². The minimum Gasteiger partial charge on any atom is -0.172 e. The molecule has 0 saturated carbocycles. The highest BCUT2D eigenvalue weighted by Gasteiger charge is 2.15. The molecule has 0 aliphatic carbocycles. The molecule has 0 amide bonds. The fourth-order valence-electron chi connectivity index (χ4n) is 0.385. The van der Waals surface area contributed by atoms with Crippen molar-refractivity contribution in [3.63, 3.8) is 0 Å². The summed E-state index contributed by atoms with van der Waals surface area (Å²) in [6, 6.07) is 12.0. The van der Waals surface area contributed by atoms with Gasteiger partial charge in [-0.05, 0) is 0 Å². The lowest BCUT2D eigenvalue weighted by Gasteiger charge is -1.88. The molecule has 1 aromatic rings. The first-order valence-electron chi connectivity index (χ1n) is 4.44. The van der Waals surface area contributed by atoms with Crippen LogP contribution < -0.4 is 0 Å². The molecule has 0 aromatic heterocycles. The molecule has 16 heavy (non-hydrogen) atoms. The summed E-state index contributed by atoms with van der Waals surface area (Å²) in [4.78, 5) is 0. The third kappa shape index (κ3) is 67.4. The molecule has 0 saturated heterocycles. The van der Waals surface area contributed by atoms with E-state index in [2.05, 4.69) is 11.6 Å². The lowest BCUT2D eigenvalue weighted by atomic mass is 10.4. The van der Waals surface area contributed by atoms with Crippen LogP contribution in [0.15, 0.2) is 36.4 Å². The van der Waals surface area contributed by atoms with E-state index in [1.54, 1.807) is 0 Å². The monoisotopic (exact) mass is 322 g/mol. The van der Waals surface area contributed by atoms with Crippen LogP contribution in [0.4, 0.5) is 13.2 Å². The van der Waals surface area contributed by atoms with Crippen molar-refractivity contribution in [1.29, 1.82) is 0 Å². The molecule has 0 N–H and O–H groups in total. The highest BCUT2D eigenvalue weighted by Crippen LogP contribution is 2.10. The molecule has 1 aromatic carbocycles. The van der Waals surface area contributed by atoms with Gasteiger partial charge in [0.2, 0.25) is 0 Å². The average molecular weight is 324 g/mol. The molecule has 0 radical (unpaired) electrons. The summed E-state index contributed by atoms with van der Waals surface area (Å²) in [6.45, 7) is 4.19. The SMILES string of the molecule is Br.CC.CC(F)(F)F.CCl.c1ccccc1. The molecule has 0 aliphatic heterocycles. The summed E-state index contributed by atoms with van der Waals surface area (Å²) in [5.41, 5.74) is 0. The zero-order chi connectivity index (χ0) is 12.7. The molecule has 98 valence electrons. The van der Waals surface area contributed by atoms with Gasteiger partial charge in [-0.15, -0.1) is 28.6 Å². The molecule has 0 spiro atoms. The molecule has 0 aliphatic rings. The second-order valence-electron chi connectivity index (χ2n) is 1.94. The van der Waals surface area contributed by atoms with E-state index in [1.165, 1.54) is 6.38 Å². The Kier molecular flexibility index (Phi) is 31.4. The highest BCUT2D eigenvalue weighted by molar-refractivity contribution is 8.93. The number of hydrogen-bond acceptors (Lipinski definition) is 0. The van der Waals surface area contributed by atoms with Gasteiger partial charge in [0, 0.05) is 13.3 Å². The fraction of sp³-hybridized carbons (Fsp3) is 0.455. The van der Waals surface area contributed by atoms with Crippen molar-refractivity contribution in [3.05, 3.63) is 36.4 Å². The van der Waals surface area contributed by atoms with Gasteiger partial charge in [-0.25, -0.2) is 0 Å². The smallest absolute Gasteiger partial charge is 0.172 e. The summed E-state index contributed by atoms with van der Waals surface area (Å²) >= 11 is 4.64. The number of benzene rings is 1. The second-order valence-corrected chi connectivity index (χ2v) is 1.94. The van der Waals surface area contributed by atoms with Crippen LogP contribution in [0.3, 0.4) is 0 Å². The largest absolute Gasteiger partial charge is 0.386 e. The van der Waals surface area contributed by atoms with Crippen molar-refractivity contribution in [2.45, 2.75) is 26.9 Å². The zero-order valence-electron chi connectivity index (χ0n) is 9.88. The minimum atomic E-state index is -4.00. The van der Waals surface area contributed by atoms with Gasteiger partial charge in [0.15, 0.2) is 0 Å². The maximum atomic E-state index is 10.4. The molecule has 0 fully saturated rings. The van der Waals surface area contributed by atoms with E-state index in [9.17, 15) is 13.2 Å². The van der Waals surface area contributed by atoms with E-state index in [-0.39, 0.29) is 23.9 Å². The summed E-state index contributed by atoms with van der Waals surface area (Å²) < 4.78 is 31.1. The Morgan fingerprint density at radius 1 is 0.750 bits per heavy atom. The van der Waals surface area contributed by atoms with Crippen LogP contribution in [-0.2, 0) is 0 Å². The van der Waals surface area contributed by atoms with Crippen molar-refractivity contribution in [2.75, 3.05) is 6.38 Å². The van der Waals surface area contributed by atoms with Gasteiger partial charge < -0.3 is 0 Å². The average Bonchev–Trinajstić information content (AvgIpc) is 2.24. The van der Waals surface area contributed by atoms with Crippen molar-refractivity contribution in [1.82, 2.24) is 0 Å². The van der Waals surface area contributed by atoms with Crippen LogP contribution in [0.5, 0.6) is 0 Å². The number of halogens is 5. The fourth-order valence-corrected chi connectivity index (χ4v) is 0.385. The van der Waals surface area contributed by atoms with Crippen LogP contribution >= 0.6 is 28.6 Å². The van der Waals surface area contributed by atoms with Crippen LogP contribution in [0, 0.1) is 0 Å². The van der Waals surface area contributed by atoms with E-state index < -0.39 is 6.18 Å². The molecule has 0 bridgehead atoms. The molecule has 0 unspecified atom stereocenters. The first-order valence-corrected chi connectivity index (χ1v) is 5.20. The van der Waals surface area contributed by atoms with E-state index in [0.717, 1.165) is 0 Å². The standard InChI is InChI=1S/C6H6.C2H3F3.C2H6.CH3Cl.BrH/c1-2-4-6-5-3-1;1-2(3,4)5;2*1-2;/h1-6H;1H3;1-2H3;1H3;1H. The first-order chi connectivity index (χ1) is 7.00. The molecule has 0 atom stereocenters. The third-order valence-corrected chi connectivity index (χ3v) is 0.667. The maximum absolute atomic E-state index is 10.4. The van der Waals surface area contributed by atoms with Crippen LogP contribution in [-0.4, -0.2) is 12.6 Å². The molecular formula is C11H19BrClF3. The van der Waals surface area contributed by atoms with Crippen molar-refractivity contribution in [2.24, 2.45) is 0 Å². The van der Waals surface area contributed by atoms with Crippen molar-refractivity contribution >= 4 is 28.6 Å². The topological polar surface area (TPSA) is 0 Å². The number of hydrogen-bond donors (Lipinski definition) is 0. The number of rotatable bonds is 0. The predicted molar refractivity (Wildman–Crippen MR) is 71.6 cm³/mol. The second kappa shape index (κ2) is 20.2. The summed E-state index contributed by atoms with van der Waals surface area (Å²) in [5.74, 6) is 0. The Bertz CT molecular complexity index is 146. The van der Waals surface area contributed by atoms with Gasteiger partial charge in [-0.1, -0.05) is 50.2 Å². The summed E-state index contributed by atoms with van der Waals surface area (Å²) in [6.07, 6.45) is -2.53. The highest BCUT2D eigenvalue weighted by atomic mass is 79.9. The first kappa shape index (κ1) is 24.8. The number of alkyl halides is 4. The van der Waals surface area contributed by atoms with Gasteiger partial charge in [-0.2, -0.15) is 13.2 Å². The van der Waals surface area contributed by atoms with Crippen molar-refractivity contribution in [3.8, 4) is 0 Å². The predicted octanol–water partition coefficient (Wildman–Crippen LogP) is 5.71. The van der Waals surface area contributed by atoms with Gasteiger partial charge in [-0.3, -0.25) is 0 Å². The minimum absolute atomic E-state index is 0. The zero-order valence-corrected chi connectivity index (χ0v) is 12.4. The van der Waals surface area contributed by atoms with Gasteiger partial charge in [0.1, 0.15) is 0 Å². The van der Waals surface area contributed by atoms with E-state index in [0.29, 0.717) is 0 Å². The van der Waals surface area contributed by atoms with Crippen molar-refractivity contribution < 1.29 is 13.2 Å². The third-order valence-electron chi connectivity index (χ3n) is 0.667. The lowest BCUT2D eigenvalue weighted by Crippen LogP contribution is -1.95. The van der Waals surface area contributed by atoms with Crippen LogP contribution in [0.2, 0.25) is 0 Å². The summed E-state index contributed by atoms with van der Waals surface area (Å²) in [5, 5.41) is 0. The maximum Gasteiger partial charge on any atom is 0.386 e. The quantitative estimate of drug-likeness (QED) is 0.536. The van der Waals surface area contributed by atoms with Crippen LogP contribution in [0.1, 0.15) is 20.8 Å². The Hall–Kier alpha value is -0.220. The van der Waals surface area contributed by atoms with Gasteiger partial charge >= 0.3 is 6.18 Å².